The molecule has 0 radical (unpaired) electrons. The van der Waals surface area contributed by atoms with E-state index < -0.39 is 0 Å². The van der Waals surface area contributed by atoms with Crippen LogP contribution in [0.5, 0.6) is 5.75 Å². The van der Waals surface area contributed by atoms with Crippen molar-refractivity contribution in [3.05, 3.63) is 53.3 Å². The van der Waals surface area contributed by atoms with Crippen molar-refractivity contribution in [2.24, 2.45) is 0 Å². The van der Waals surface area contributed by atoms with Crippen molar-refractivity contribution in [1.29, 1.82) is 5.26 Å². The van der Waals surface area contributed by atoms with Gasteiger partial charge in [0.15, 0.2) is 0 Å². The number of hydrogen-bond acceptors (Lipinski definition) is 4. The second-order valence-electron chi connectivity index (χ2n) is 4.81. The van der Waals surface area contributed by atoms with Crippen molar-refractivity contribution in [3.8, 4) is 11.8 Å². The van der Waals surface area contributed by atoms with Gasteiger partial charge in [-0.1, -0.05) is 6.07 Å². The number of hydrogen-bond donors (Lipinski definition) is 4. The molecule has 2 aromatic rings. The highest BCUT2D eigenvalue weighted by molar-refractivity contribution is 5.94. The van der Waals surface area contributed by atoms with Crippen LogP contribution in [-0.4, -0.2) is 35.0 Å². The average Bonchev–Trinajstić information content (AvgIpc) is 3.03. The van der Waals surface area contributed by atoms with Crippen molar-refractivity contribution < 1.29 is 14.7 Å². The molecule has 0 saturated heterocycles. The van der Waals surface area contributed by atoms with Crippen LogP contribution in [0.3, 0.4) is 0 Å². The van der Waals surface area contributed by atoms with E-state index in [0.29, 0.717) is 36.5 Å². The van der Waals surface area contributed by atoms with Crippen molar-refractivity contribution in [1.82, 2.24) is 15.6 Å². The van der Waals surface area contributed by atoms with Gasteiger partial charge in [0.2, 0.25) is 0 Å². The summed E-state index contributed by atoms with van der Waals surface area (Å²) in [5, 5.41) is 23.4. The Labute approximate surface area is 132 Å². The standard InChI is InChI=1S/C16H16N4O3/c17-10-12-5-6-14(20-12)16(23)19-8-2-7-18-15(22)11-3-1-4-13(21)9-11/h1,3-6,9,20-21H,2,7-8H2,(H,18,22)(H,19,23). The first-order chi connectivity index (χ1) is 11.1. The lowest BCUT2D eigenvalue weighted by Gasteiger charge is -2.06. The lowest BCUT2D eigenvalue weighted by atomic mass is 10.2. The van der Waals surface area contributed by atoms with E-state index in [9.17, 15) is 14.7 Å². The highest BCUT2D eigenvalue weighted by Gasteiger charge is 2.08. The fourth-order valence-corrected chi connectivity index (χ4v) is 1.93. The van der Waals surface area contributed by atoms with Gasteiger partial charge in [-0.25, -0.2) is 0 Å². The summed E-state index contributed by atoms with van der Waals surface area (Å²) >= 11 is 0. The molecule has 7 heteroatoms. The molecule has 7 nitrogen and oxygen atoms in total. The number of nitriles is 1. The van der Waals surface area contributed by atoms with Crippen molar-refractivity contribution >= 4 is 11.8 Å². The molecule has 1 aromatic heterocycles. The summed E-state index contributed by atoms with van der Waals surface area (Å²) in [6.45, 7) is 0.781. The SMILES string of the molecule is N#Cc1ccc(C(=O)NCCCNC(=O)c2cccc(O)c2)[nH]1. The number of benzene rings is 1. The third-order valence-corrected chi connectivity index (χ3v) is 3.08. The number of aromatic amines is 1. The molecule has 0 aliphatic carbocycles. The fraction of sp³-hybridized carbons (Fsp3) is 0.188. The van der Waals surface area contributed by atoms with Gasteiger partial charge in [0.25, 0.3) is 11.8 Å². The maximum absolute atomic E-state index is 11.8. The van der Waals surface area contributed by atoms with Gasteiger partial charge >= 0.3 is 0 Å². The summed E-state index contributed by atoms with van der Waals surface area (Å²) in [5.41, 5.74) is 1.03. The molecule has 1 aromatic carbocycles. The molecule has 0 fully saturated rings. The lowest BCUT2D eigenvalue weighted by Crippen LogP contribution is -2.30. The van der Waals surface area contributed by atoms with E-state index in [1.54, 1.807) is 12.1 Å². The molecule has 2 rings (SSSR count). The Bertz CT molecular complexity index is 746. The van der Waals surface area contributed by atoms with E-state index in [2.05, 4.69) is 15.6 Å². The Balaban J connectivity index is 1.68. The molecule has 0 saturated carbocycles. The first-order valence-electron chi connectivity index (χ1n) is 7.04. The minimum atomic E-state index is -0.300. The number of amides is 2. The maximum atomic E-state index is 11.8. The molecule has 0 aliphatic heterocycles. The molecule has 1 heterocycles. The van der Waals surface area contributed by atoms with Crippen molar-refractivity contribution in [3.63, 3.8) is 0 Å². The normalized spacial score (nSPS) is 9.87. The van der Waals surface area contributed by atoms with Crippen molar-refractivity contribution in [2.75, 3.05) is 13.1 Å². The molecule has 0 bridgehead atoms. The molecule has 23 heavy (non-hydrogen) atoms. The van der Waals surface area contributed by atoms with Gasteiger partial charge in [-0.2, -0.15) is 5.26 Å². The quantitative estimate of drug-likeness (QED) is 0.598. The van der Waals surface area contributed by atoms with Crippen LogP contribution in [0.4, 0.5) is 0 Å². The Hall–Kier alpha value is -3.27. The van der Waals surface area contributed by atoms with E-state index in [4.69, 9.17) is 5.26 Å². The van der Waals surface area contributed by atoms with Gasteiger partial charge in [0.1, 0.15) is 23.2 Å². The van der Waals surface area contributed by atoms with E-state index in [1.807, 2.05) is 6.07 Å². The number of carbonyl (C=O) groups is 2. The molecule has 0 atom stereocenters. The van der Waals surface area contributed by atoms with E-state index in [1.165, 1.54) is 24.3 Å². The first kappa shape index (κ1) is 16.1. The van der Waals surface area contributed by atoms with E-state index in [0.717, 1.165) is 0 Å². The number of phenols is 1. The number of nitrogens with zero attached hydrogens (tertiary/aromatic N) is 1. The average molecular weight is 312 g/mol. The first-order valence-corrected chi connectivity index (χ1v) is 7.04. The lowest BCUT2D eigenvalue weighted by molar-refractivity contribution is 0.0948. The van der Waals surface area contributed by atoms with E-state index >= 15 is 0 Å². The number of H-pyrrole nitrogens is 1. The fourth-order valence-electron chi connectivity index (χ4n) is 1.93. The predicted molar refractivity (Wildman–Crippen MR) is 82.9 cm³/mol. The second-order valence-corrected chi connectivity index (χ2v) is 4.81. The Morgan fingerprint density at radius 1 is 1.13 bits per heavy atom. The number of rotatable bonds is 6. The third kappa shape index (κ3) is 4.61. The summed E-state index contributed by atoms with van der Waals surface area (Å²) in [6.07, 6.45) is 0.558. The van der Waals surface area contributed by atoms with Gasteiger partial charge in [0, 0.05) is 18.7 Å². The zero-order valence-electron chi connectivity index (χ0n) is 12.3. The zero-order chi connectivity index (χ0) is 16.7. The van der Waals surface area contributed by atoms with Crippen LogP contribution in [0.1, 0.15) is 33.0 Å². The molecule has 0 unspecified atom stereocenters. The zero-order valence-corrected chi connectivity index (χ0v) is 12.3. The number of phenolic OH excluding ortho intramolecular Hbond substituents is 1. The molecular formula is C16H16N4O3. The smallest absolute Gasteiger partial charge is 0.267 e. The summed E-state index contributed by atoms with van der Waals surface area (Å²) < 4.78 is 0. The van der Waals surface area contributed by atoms with Crippen LogP contribution in [0.15, 0.2) is 36.4 Å². The van der Waals surface area contributed by atoms with Crippen LogP contribution >= 0.6 is 0 Å². The Morgan fingerprint density at radius 3 is 2.52 bits per heavy atom. The summed E-state index contributed by atoms with van der Waals surface area (Å²) in [4.78, 5) is 26.3. The van der Waals surface area contributed by atoms with Gasteiger partial charge in [-0.3, -0.25) is 9.59 Å². The largest absolute Gasteiger partial charge is 0.508 e. The molecule has 0 spiro atoms. The number of nitrogens with one attached hydrogen (secondary N) is 3. The molecule has 0 aliphatic rings. The van der Waals surface area contributed by atoms with Crippen LogP contribution in [0.2, 0.25) is 0 Å². The highest BCUT2D eigenvalue weighted by atomic mass is 16.3. The van der Waals surface area contributed by atoms with Crippen LogP contribution in [-0.2, 0) is 0 Å². The molecule has 118 valence electrons. The van der Waals surface area contributed by atoms with Crippen molar-refractivity contribution in [2.45, 2.75) is 6.42 Å². The summed E-state index contributed by atoms with van der Waals surface area (Å²) in [7, 11) is 0. The minimum absolute atomic E-state index is 0.0348. The number of aromatic nitrogens is 1. The second kappa shape index (κ2) is 7.66. The topological polar surface area (TPSA) is 118 Å². The van der Waals surface area contributed by atoms with Gasteiger partial charge < -0.3 is 20.7 Å². The maximum Gasteiger partial charge on any atom is 0.267 e. The van der Waals surface area contributed by atoms with Gasteiger partial charge in [0.05, 0.1) is 0 Å². The Kier molecular flexibility index (Phi) is 5.36. The summed E-state index contributed by atoms with van der Waals surface area (Å²) in [5.74, 6) is -0.548. The number of carbonyl (C=O) groups excluding carboxylic acids is 2. The molecule has 2 amide bonds. The summed E-state index contributed by atoms with van der Waals surface area (Å²) in [6, 6.07) is 11.1. The minimum Gasteiger partial charge on any atom is -0.508 e. The predicted octanol–water partition coefficient (Wildman–Crippen LogP) is 1.14. The monoisotopic (exact) mass is 312 g/mol. The van der Waals surface area contributed by atoms with Crippen LogP contribution < -0.4 is 10.6 Å². The van der Waals surface area contributed by atoms with Crippen LogP contribution in [0, 0.1) is 11.3 Å². The molecule has 4 N–H and O–H groups in total. The Morgan fingerprint density at radius 2 is 1.87 bits per heavy atom. The van der Waals surface area contributed by atoms with E-state index in [-0.39, 0.29) is 17.6 Å². The number of aromatic hydroxyl groups is 1. The third-order valence-electron chi connectivity index (χ3n) is 3.08. The molecular weight excluding hydrogens is 296 g/mol. The van der Waals surface area contributed by atoms with Gasteiger partial charge in [-0.15, -0.1) is 0 Å². The van der Waals surface area contributed by atoms with Crippen LogP contribution in [0.25, 0.3) is 0 Å². The van der Waals surface area contributed by atoms with Gasteiger partial charge in [-0.05, 0) is 36.8 Å². The highest BCUT2D eigenvalue weighted by Crippen LogP contribution is 2.10.